The molecule has 0 unspecified atom stereocenters. The summed E-state index contributed by atoms with van der Waals surface area (Å²) in [6.07, 6.45) is 0.486. The molecule has 0 bridgehead atoms. The summed E-state index contributed by atoms with van der Waals surface area (Å²) in [5.41, 5.74) is 5.60. The highest BCUT2D eigenvalue weighted by Crippen LogP contribution is 2.21. The molecule has 0 saturated carbocycles. The first-order chi connectivity index (χ1) is 5.24. The molecule has 11 heavy (non-hydrogen) atoms. The van der Waals surface area contributed by atoms with Gasteiger partial charge in [0.05, 0.1) is 0 Å². The zero-order valence-corrected chi connectivity index (χ0v) is 6.77. The van der Waals surface area contributed by atoms with Gasteiger partial charge in [-0.3, -0.25) is 0 Å². The summed E-state index contributed by atoms with van der Waals surface area (Å²) in [5, 5.41) is 9.94. The minimum atomic E-state index is -0.251. The molecule has 4 heteroatoms. The Hall–Kier alpha value is -0.450. The maximum Gasteiger partial charge on any atom is 0.134 e. The predicted octanol–water partition coefficient (Wildman–Crippen LogP) is 1.27. The lowest BCUT2D eigenvalue weighted by atomic mass is 10.2. The van der Waals surface area contributed by atoms with Crippen LogP contribution in [0.15, 0.2) is 11.4 Å². The minimum absolute atomic E-state index is 0.0423. The van der Waals surface area contributed by atoms with Crippen molar-refractivity contribution in [3.63, 3.8) is 0 Å². The van der Waals surface area contributed by atoms with Crippen LogP contribution in [0.2, 0.25) is 0 Å². The van der Waals surface area contributed by atoms with Gasteiger partial charge in [-0.05, 0) is 12.5 Å². The van der Waals surface area contributed by atoms with E-state index in [-0.39, 0.29) is 18.5 Å². The molecule has 0 fully saturated rings. The standard InChI is InChI=1S/C7H10FNOS/c8-5-3-7(11-4-5)6(9)1-2-10/h3-4,6,10H,1-2,9H2/t6-/m1/s1. The molecule has 0 aromatic carbocycles. The fourth-order valence-corrected chi connectivity index (χ4v) is 1.59. The predicted molar refractivity (Wildman–Crippen MR) is 42.9 cm³/mol. The van der Waals surface area contributed by atoms with Gasteiger partial charge in [-0.1, -0.05) is 0 Å². The van der Waals surface area contributed by atoms with E-state index in [2.05, 4.69) is 0 Å². The summed E-state index contributed by atoms with van der Waals surface area (Å²) in [4.78, 5) is 0.788. The van der Waals surface area contributed by atoms with Gasteiger partial charge < -0.3 is 10.8 Å². The molecule has 0 aliphatic heterocycles. The van der Waals surface area contributed by atoms with Gasteiger partial charge >= 0.3 is 0 Å². The number of nitrogens with two attached hydrogens (primary N) is 1. The monoisotopic (exact) mass is 175 g/mol. The normalized spacial score (nSPS) is 13.4. The third-order valence-corrected chi connectivity index (χ3v) is 2.43. The quantitative estimate of drug-likeness (QED) is 0.726. The van der Waals surface area contributed by atoms with Gasteiger partial charge in [0, 0.05) is 22.9 Å². The van der Waals surface area contributed by atoms with Gasteiger partial charge in [0.1, 0.15) is 5.82 Å². The van der Waals surface area contributed by atoms with Crippen LogP contribution in [0.5, 0.6) is 0 Å². The first-order valence-corrected chi connectivity index (χ1v) is 4.22. The van der Waals surface area contributed by atoms with Crippen molar-refractivity contribution in [2.24, 2.45) is 5.73 Å². The molecule has 3 N–H and O–H groups in total. The van der Waals surface area contributed by atoms with Crippen molar-refractivity contribution in [3.05, 3.63) is 22.1 Å². The summed E-state index contributed by atoms with van der Waals surface area (Å²) in [7, 11) is 0. The number of thiophene rings is 1. The summed E-state index contributed by atoms with van der Waals surface area (Å²) < 4.78 is 12.4. The van der Waals surface area contributed by atoms with Crippen molar-refractivity contribution < 1.29 is 9.50 Å². The van der Waals surface area contributed by atoms with Crippen LogP contribution >= 0.6 is 11.3 Å². The minimum Gasteiger partial charge on any atom is -0.396 e. The Balaban J connectivity index is 2.60. The second kappa shape index (κ2) is 3.80. The molecule has 0 aliphatic rings. The van der Waals surface area contributed by atoms with Crippen molar-refractivity contribution >= 4 is 11.3 Å². The lowest BCUT2D eigenvalue weighted by Crippen LogP contribution is -2.09. The van der Waals surface area contributed by atoms with Crippen LogP contribution in [0.3, 0.4) is 0 Å². The molecule has 0 radical (unpaired) electrons. The Labute approximate surface area is 68.5 Å². The largest absolute Gasteiger partial charge is 0.396 e. The molecule has 1 atom stereocenters. The summed E-state index contributed by atoms with van der Waals surface area (Å²) in [6.45, 7) is 0.0423. The zero-order valence-electron chi connectivity index (χ0n) is 5.96. The maximum atomic E-state index is 12.4. The van der Waals surface area contributed by atoms with Crippen molar-refractivity contribution in [1.82, 2.24) is 0 Å². The molecule has 0 aliphatic carbocycles. The molecular formula is C7H10FNOS. The third-order valence-electron chi connectivity index (χ3n) is 1.39. The molecule has 62 valence electrons. The van der Waals surface area contributed by atoms with E-state index >= 15 is 0 Å². The molecule has 1 aromatic rings. The molecular weight excluding hydrogens is 165 g/mol. The van der Waals surface area contributed by atoms with Crippen LogP contribution in [-0.4, -0.2) is 11.7 Å². The summed E-state index contributed by atoms with van der Waals surface area (Å²) >= 11 is 1.29. The molecule has 1 aromatic heterocycles. The van der Waals surface area contributed by atoms with E-state index in [1.54, 1.807) is 0 Å². The van der Waals surface area contributed by atoms with Crippen molar-refractivity contribution in [1.29, 1.82) is 0 Å². The fraction of sp³-hybridized carbons (Fsp3) is 0.429. The van der Waals surface area contributed by atoms with Crippen LogP contribution in [-0.2, 0) is 0 Å². The highest BCUT2D eigenvalue weighted by molar-refractivity contribution is 7.10. The van der Waals surface area contributed by atoms with Crippen LogP contribution in [0, 0.1) is 5.82 Å². The van der Waals surface area contributed by atoms with Crippen LogP contribution in [0.4, 0.5) is 4.39 Å². The second-order valence-electron chi connectivity index (χ2n) is 2.29. The van der Waals surface area contributed by atoms with Gasteiger partial charge in [-0.25, -0.2) is 4.39 Å². The van der Waals surface area contributed by atoms with E-state index in [4.69, 9.17) is 10.8 Å². The van der Waals surface area contributed by atoms with E-state index < -0.39 is 0 Å². The smallest absolute Gasteiger partial charge is 0.134 e. The second-order valence-corrected chi connectivity index (χ2v) is 3.23. The third kappa shape index (κ3) is 2.25. The highest BCUT2D eigenvalue weighted by atomic mass is 32.1. The van der Waals surface area contributed by atoms with Gasteiger partial charge in [-0.2, -0.15) is 0 Å². The topological polar surface area (TPSA) is 46.2 Å². The molecule has 1 rings (SSSR count). The Morgan fingerprint density at radius 3 is 2.91 bits per heavy atom. The van der Waals surface area contributed by atoms with Crippen LogP contribution < -0.4 is 5.73 Å². The molecule has 2 nitrogen and oxygen atoms in total. The number of aliphatic hydroxyl groups is 1. The van der Waals surface area contributed by atoms with E-state index in [0.29, 0.717) is 6.42 Å². The van der Waals surface area contributed by atoms with E-state index in [1.165, 1.54) is 22.8 Å². The molecule has 0 spiro atoms. The maximum absolute atomic E-state index is 12.4. The average Bonchev–Trinajstić information content (AvgIpc) is 2.36. The number of aliphatic hydroxyl groups excluding tert-OH is 1. The average molecular weight is 175 g/mol. The Morgan fingerprint density at radius 1 is 1.73 bits per heavy atom. The lowest BCUT2D eigenvalue weighted by molar-refractivity contribution is 0.277. The zero-order chi connectivity index (χ0) is 8.27. The van der Waals surface area contributed by atoms with Gasteiger partial charge in [0.25, 0.3) is 0 Å². The van der Waals surface area contributed by atoms with E-state index in [1.807, 2.05) is 0 Å². The summed E-state index contributed by atoms with van der Waals surface area (Å²) in [6, 6.07) is 1.18. The van der Waals surface area contributed by atoms with Crippen molar-refractivity contribution in [2.45, 2.75) is 12.5 Å². The van der Waals surface area contributed by atoms with Crippen molar-refractivity contribution in [3.8, 4) is 0 Å². The number of halogens is 1. The molecule has 0 saturated heterocycles. The first-order valence-electron chi connectivity index (χ1n) is 3.34. The van der Waals surface area contributed by atoms with Gasteiger partial charge in [0.15, 0.2) is 0 Å². The van der Waals surface area contributed by atoms with Crippen molar-refractivity contribution in [2.75, 3.05) is 6.61 Å². The highest BCUT2D eigenvalue weighted by Gasteiger charge is 2.07. The number of hydrogen-bond donors (Lipinski definition) is 2. The molecule has 0 amide bonds. The van der Waals surface area contributed by atoms with Gasteiger partial charge in [-0.15, -0.1) is 11.3 Å². The van der Waals surface area contributed by atoms with E-state index in [0.717, 1.165) is 4.88 Å². The Kier molecular flexibility index (Phi) is 2.99. The lowest BCUT2D eigenvalue weighted by Gasteiger charge is -2.05. The SMILES string of the molecule is N[C@H](CCO)c1cc(F)cs1. The number of rotatable bonds is 3. The number of hydrogen-bond acceptors (Lipinski definition) is 3. The summed E-state index contributed by atoms with van der Waals surface area (Å²) in [5.74, 6) is -0.251. The first kappa shape index (κ1) is 8.64. The molecule has 1 heterocycles. The fourth-order valence-electron chi connectivity index (χ4n) is 0.804. The van der Waals surface area contributed by atoms with Gasteiger partial charge in [0.2, 0.25) is 0 Å². The van der Waals surface area contributed by atoms with E-state index in [9.17, 15) is 4.39 Å². The van der Waals surface area contributed by atoms with Crippen LogP contribution in [0.1, 0.15) is 17.3 Å². The Morgan fingerprint density at radius 2 is 2.45 bits per heavy atom. The Bertz CT molecular complexity index is 226. The van der Waals surface area contributed by atoms with Crippen LogP contribution in [0.25, 0.3) is 0 Å².